The van der Waals surface area contributed by atoms with Gasteiger partial charge < -0.3 is 24.8 Å². The molecule has 0 aliphatic carbocycles. The number of fused-ring (bicyclic) bond motifs is 1. The van der Waals surface area contributed by atoms with Crippen LogP contribution in [0.5, 0.6) is 0 Å². The summed E-state index contributed by atoms with van der Waals surface area (Å²) < 4.78 is 0. The number of rotatable bonds is 5. The van der Waals surface area contributed by atoms with E-state index in [1.54, 1.807) is 11.8 Å². The number of thioether (sulfide) groups is 1. The number of carboxylic acid groups (broad SMARTS) is 1. The topological polar surface area (TPSA) is 85.1 Å². The van der Waals surface area contributed by atoms with Crippen molar-refractivity contribution in [1.82, 2.24) is 4.90 Å². The smallest absolute Gasteiger partial charge is 0.235 e. The molecule has 0 radical (unpaired) electrons. The second-order valence-electron chi connectivity index (χ2n) is 7.60. The van der Waals surface area contributed by atoms with E-state index < -0.39 is 18.0 Å². The summed E-state index contributed by atoms with van der Waals surface area (Å²) in [5.74, 6) is 0.212. The molecule has 6 nitrogen and oxygen atoms in total. The number of nitrogens with one attached hydrogen (secondary N) is 1. The van der Waals surface area contributed by atoms with Gasteiger partial charge in [-0.3, -0.25) is 4.79 Å². The minimum absolute atomic E-state index is 0.0340. The normalized spacial score (nSPS) is 26.7. The molecule has 0 bridgehead atoms. The van der Waals surface area contributed by atoms with Gasteiger partial charge >= 0.3 is 0 Å². The number of amides is 1. The number of hydrogen-bond acceptors (Lipinski definition) is 5. The fourth-order valence-corrected chi connectivity index (χ4v) is 5.54. The van der Waals surface area contributed by atoms with E-state index in [4.69, 9.17) is 0 Å². The molecule has 1 aromatic carbocycles. The number of quaternary nitrogens is 1. The number of aliphatic hydroxyl groups is 1. The molecule has 1 amide bonds. The van der Waals surface area contributed by atoms with Crippen molar-refractivity contribution in [2.24, 2.45) is 5.92 Å². The maximum absolute atomic E-state index is 12.3. The van der Waals surface area contributed by atoms with Gasteiger partial charge in [0.1, 0.15) is 6.54 Å². The first-order valence-corrected chi connectivity index (χ1v) is 10.6. The van der Waals surface area contributed by atoms with Crippen LogP contribution in [0.15, 0.2) is 30.0 Å². The molecule has 3 aliphatic rings. The number of β-lactam (4-membered cyclic amide) rings is 1. The third-order valence-electron chi connectivity index (χ3n) is 5.88. The second-order valence-corrected chi connectivity index (χ2v) is 8.82. The number of carboxylic acids is 1. The van der Waals surface area contributed by atoms with Gasteiger partial charge in [-0.25, -0.2) is 0 Å². The molecule has 2 N–H and O–H groups in total. The van der Waals surface area contributed by atoms with Crippen LogP contribution < -0.4 is 10.0 Å². The highest BCUT2D eigenvalue weighted by molar-refractivity contribution is 7.99. The lowest BCUT2D eigenvalue weighted by Gasteiger charge is -2.45. The Balaban J connectivity index is 1.55. The first-order chi connectivity index (χ1) is 13.0. The average Bonchev–Trinajstić information content (AvgIpc) is 2.98. The average molecular weight is 388 g/mol. The highest BCUT2D eigenvalue weighted by Crippen LogP contribution is 2.46. The standard InChI is InChI=1S/C20H24N2O4S/c1-12(23)17-16-10-15(18(20(25)26)22(16)19(17)24)14-4-2-13(3-5-14)11-21-6-8-27-9-7-21/h2-5,12,16-17,23H,6-11H2,1H3,(H,25,26)/t12-,16-,17-/m1/s1. The van der Waals surface area contributed by atoms with Crippen molar-refractivity contribution < 1.29 is 24.7 Å². The van der Waals surface area contributed by atoms with Gasteiger partial charge in [0, 0.05) is 17.1 Å². The van der Waals surface area contributed by atoms with Crippen LogP contribution in [0, 0.1) is 5.92 Å². The number of hydrogen-bond donors (Lipinski definition) is 2. The summed E-state index contributed by atoms with van der Waals surface area (Å²) >= 11 is 2.00. The summed E-state index contributed by atoms with van der Waals surface area (Å²) in [7, 11) is 0. The predicted molar refractivity (Wildman–Crippen MR) is 101 cm³/mol. The quantitative estimate of drug-likeness (QED) is 0.625. The van der Waals surface area contributed by atoms with E-state index in [0.29, 0.717) is 12.0 Å². The van der Waals surface area contributed by atoms with E-state index in [9.17, 15) is 19.8 Å². The lowest BCUT2D eigenvalue weighted by Crippen LogP contribution is -3.12. The van der Waals surface area contributed by atoms with Crippen LogP contribution in [0.1, 0.15) is 24.5 Å². The molecule has 0 unspecified atom stereocenters. The SMILES string of the molecule is C[C@@H](O)[C@H]1C(=O)N2C(C(=O)[O-])=C(c3ccc(C[NH+]4CCSCC4)cc3)C[C@H]12. The molecule has 2 saturated heterocycles. The Morgan fingerprint density at radius 2 is 2.00 bits per heavy atom. The highest BCUT2D eigenvalue weighted by atomic mass is 32.2. The minimum Gasteiger partial charge on any atom is -0.543 e. The van der Waals surface area contributed by atoms with Crippen LogP contribution in [0.4, 0.5) is 0 Å². The van der Waals surface area contributed by atoms with E-state index in [-0.39, 0.29) is 17.6 Å². The van der Waals surface area contributed by atoms with Gasteiger partial charge in [0.25, 0.3) is 0 Å². The molecule has 0 saturated carbocycles. The summed E-state index contributed by atoms with van der Waals surface area (Å²) in [5, 5.41) is 21.5. The number of benzene rings is 1. The van der Waals surface area contributed by atoms with Gasteiger partial charge in [-0.2, -0.15) is 11.8 Å². The molecular formula is C20H24N2O4S. The van der Waals surface area contributed by atoms with Gasteiger partial charge in [-0.1, -0.05) is 24.3 Å². The molecule has 144 valence electrons. The van der Waals surface area contributed by atoms with Crippen molar-refractivity contribution >= 4 is 29.2 Å². The summed E-state index contributed by atoms with van der Waals surface area (Å²) in [6.07, 6.45) is -0.340. The Labute approximate surface area is 162 Å². The maximum atomic E-state index is 12.3. The number of aliphatic hydroxyl groups excluding tert-OH is 1. The number of nitrogens with zero attached hydrogens (tertiary/aromatic N) is 1. The van der Waals surface area contributed by atoms with Crippen LogP contribution >= 0.6 is 11.8 Å². The van der Waals surface area contributed by atoms with Crippen LogP contribution in [-0.2, 0) is 16.1 Å². The number of carbonyl (C=O) groups is 2. The fourth-order valence-electron chi connectivity index (χ4n) is 4.47. The molecule has 27 heavy (non-hydrogen) atoms. The monoisotopic (exact) mass is 388 g/mol. The lowest BCUT2D eigenvalue weighted by atomic mass is 9.82. The molecule has 7 heteroatoms. The van der Waals surface area contributed by atoms with Crippen molar-refractivity contribution in [2.75, 3.05) is 24.6 Å². The van der Waals surface area contributed by atoms with E-state index >= 15 is 0 Å². The molecule has 3 aliphatic heterocycles. The van der Waals surface area contributed by atoms with Crippen LogP contribution in [0.3, 0.4) is 0 Å². The summed E-state index contributed by atoms with van der Waals surface area (Å²) in [5.41, 5.74) is 2.64. The molecule has 0 aromatic heterocycles. The van der Waals surface area contributed by atoms with E-state index in [1.807, 2.05) is 36.0 Å². The Hall–Kier alpha value is -1.83. The lowest BCUT2D eigenvalue weighted by molar-refractivity contribution is -0.910. The van der Waals surface area contributed by atoms with Gasteiger partial charge in [-0.05, 0) is 24.5 Å². The van der Waals surface area contributed by atoms with Crippen molar-refractivity contribution in [3.63, 3.8) is 0 Å². The highest BCUT2D eigenvalue weighted by Gasteiger charge is 2.55. The van der Waals surface area contributed by atoms with E-state index in [1.165, 1.54) is 35.1 Å². The van der Waals surface area contributed by atoms with E-state index in [2.05, 4.69) is 0 Å². The largest absolute Gasteiger partial charge is 0.543 e. The maximum Gasteiger partial charge on any atom is 0.235 e. The molecule has 1 aromatic rings. The first kappa shape index (κ1) is 18.5. The second kappa shape index (κ2) is 7.30. The molecule has 2 fully saturated rings. The Morgan fingerprint density at radius 1 is 1.33 bits per heavy atom. The van der Waals surface area contributed by atoms with Gasteiger partial charge in [-0.15, -0.1) is 0 Å². The fraction of sp³-hybridized carbons (Fsp3) is 0.500. The zero-order valence-corrected chi connectivity index (χ0v) is 16.1. The number of carbonyl (C=O) groups excluding carboxylic acids is 2. The minimum atomic E-state index is -1.33. The van der Waals surface area contributed by atoms with Gasteiger partial charge in [0.15, 0.2) is 0 Å². The van der Waals surface area contributed by atoms with Crippen molar-refractivity contribution in [2.45, 2.75) is 32.0 Å². The zero-order valence-electron chi connectivity index (χ0n) is 15.3. The zero-order chi connectivity index (χ0) is 19.1. The van der Waals surface area contributed by atoms with Crippen LogP contribution in [-0.4, -0.2) is 58.6 Å². The molecule has 4 rings (SSSR count). The molecule has 3 atom stereocenters. The third-order valence-corrected chi connectivity index (χ3v) is 6.86. The van der Waals surface area contributed by atoms with Gasteiger partial charge in [0.05, 0.1) is 42.8 Å². The van der Waals surface area contributed by atoms with Crippen LogP contribution in [0.2, 0.25) is 0 Å². The Bertz CT molecular complexity index is 784. The molecule has 3 heterocycles. The van der Waals surface area contributed by atoms with Crippen LogP contribution in [0.25, 0.3) is 5.57 Å². The van der Waals surface area contributed by atoms with Crippen molar-refractivity contribution in [3.8, 4) is 0 Å². The predicted octanol–water partition coefficient (Wildman–Crippen LogP) is -1.11. The summed E-state index contributed by atoms with van der Waals surface area (Å²) in [4.78, 5) is 26.9. The van der Waals surface area contributed by atoms with Crippen molar-refractivity contribution in [1.29, 1.82) is 0 Å². The first-order valence-electron chi connectivity index (χ1n) is 9.43. The Morgan fingerprint density at radius 3 is 2.59 bits per heavy atom. The van der Waals surface area contributed by atoms with E-state index in [0.717, 1.165) is 12.1 Å². The number of aliphatic carboxylic acids is 1. The third kappa shape index (κ3) is 3.28. The molecular weight excluding hydrogens is 364 g/mol. The molecule has 0 spiro atoms. The Kier molecular flexibility index (Phi) is 5.01. The summed E-state index contributed by atoms with van der Waals surface area (Å²) in [6.45, 7) is 4.90. The summed E-state index contributed by atoms with van der Waals surface area (Å²) in [6, 6.07) is 7.70. The van der Waals surface area contributed by atoms with Crippen molar-refractivity contribution in [3.05, 3.63) is 41.1 Å². The van der Waals surface area contributed by atoms with Gasteiger partial charge in [0.2, 0.25) is 5.91 Å².